The van der Waals surface area contributed by atoms with E-state index in [2.05, 4.69) is 5.32 Å². The molecule has 4 nitrogen and oxygen atoms in total. The molecule has 0 aliphatic rings. The van der Waals surface area contributed by atoms with Crippen molar-refractivity contribution in [1.29, 1.82) is 0 Å². The second kappa shape index (κ2) is 7.48. The molecule has 0 saturated heterocycles. The average molecular weight is 241 g/mol. The zero-order valence-corrected chi connectivity index (χ0v) is 11.2. The van der Waals surface area contributed by atoms with Gasteiger partial charge in [0.1, 0.15) is 18.1 Å². The number of nitrogens with one attached hydrogen (secondary N) is 1. The molecule has 0 fully saturated rings. The third kappa shape index (κ3) is 4.89. The predicted octanol–water partition coefficient (Wildman–Crippen LogP) is 2.25. The first kappa shape index (κ1) is 14.2. The van der Waals surface area contributed by atoms with Crippen molar-refractivity contribution >= 4 is 0 Å². The normalized spacial score (nSPS) is 12.9. The van der Waals surface area contributed by atoms with E-state index < -0.39 is 0 Å². The maximum Gasteiger partial charge on any atom is 0.130 e. The first-order chi connectivity index (χ1) is 8.17. The molecule has 0 aliphatic carbocycles. The summed E-state index contributed by atoms with van der Waals surface area (Å²) < 4.78 is 16.6. The fourth-order valence-corrected chi connectivity index (χ4v) is 1.55. The lowest BCUT2D eigenvalue weighted by Crippen LogP contribution is -2.15. The van der Waals surface area contributed by atoms with Crippen LogP contribution >= 0.6 is 0 Å². The zero-order chi connectivity index (χ0) is 12.7. The lowest BCUT2D eigenvalue weighted by Gasteiger charge is -2.11. The van der Waals surface area contributed by atoms with Crippen LogP contribution in [0, 0.1) is 6.92 Å². The van der Waals surface area contributed by atoms with E-state index in [9.17, 15) is 0 Å². The summed E-state index contributed by atoms with van der Waals surface area (Å²) >= 11 is 0. The summed E-state index contributed by atoms with van der Waals surface area (Å²) in [5.41, 5.74) is 1.16. The summed E-state index contributed by atoms with van der Waals surface area (Å²) in [4.78, 5) is 0. The number of hydrogen-bond donors (Lipinski definition) is 1. The Morgan fingerprint density at radius 3 is 2.88 bits per heavy atom. The van der Waals surface area contributed by atoms with Gasteiger partial charge in [0.05, 0.1) is 19.3 Å². The van der Waals surface area contributed by atoms with Crippen molar-refractivity contribution < 1.29 is 13.9 Å². The highest BCUT2D eigenvalue weighted by atomic mass is 16.5. The van der Waals surface area contributed by atoms with Crippen molar-refractivity contribution in [3.05, 3.63) is 23.2 Å². The Balaban J connectivity index is 2.38. The first-order valence-corrected chi connectivity index (χ1v) is 6.09. The minimum atomic E-state index is 0.0908. The summed E-state index contributed by atoms with van der Waals surface area (Å²) in [6.07, 6.45) is 0.0908. The van der Waals surface area contributed by atoms with Gasteiger partial charge in [0.15, 0.2) is 0 Å². The van der Waals surface area contributed by atoms with Crippen molar-refractivity contribution in [1.82, 2.24) is 5.32 Å². The van der Waals surface area contributed by atoms with E-state index in [1.165, 1.54) is 0 Å². The molecular weight excluding hydrogens is 218 g/mol. The molecule has 1 N–H and O–H groups in total. The third-order valence-electron chi connectivity index (χ3n) is 2.48. The van der Waals surface area contributed by atoms with Gasteiger partial charge in [0.2, 0.25) is 0 Å². The van der Waals surface area contributed by atoms with Crippen LogP contribution in [0.1, 0.15) is 30.9 Å². The van der Waals surface area contributed by atoms with Crippen molar-refractivity contribution in [2.45, 2.75) is 40.0 Å². The van der Waals surface area contributed by atoms with Crippen LogP contribution in [0.5, 0.6) is 0 Å². The molecule has 1 aromatic heterocycles. The maximum absolute atomic E-state index is 5.68. The largest absolute Gasteiger partial charge is 0.462 e. The predicted molar refractivity (Wildman–Crippen MR) is 67.0 cm³/mol. The number of hydrogen-bond acceptors (Lipinski definition) is 4. The molecule has 1 unspecified atom stereocenters. The highest BCUT2D eigenvalue weighted by Gasteiger charge is 2.09. The number of aryl methyl sites for hydroxylation is 1. The molecule has 0 spiro atoms. The average Bonchev–Trinajstić information content (AvgIpc) is 2.65. The number of rotatable bonds is 8. The molecule has 0 amide bonds. The second-order valence-electron chi connectivity index (χ2n) is 4.13. The fourth-order valence-electron chi connectivity index (χ4n) is 1.55. The van der Waals surface area contributed by atoms with Crippen LogP contribution in [0.4, 0.5) is 0 Å². The SMILES string of the molecule is CCOCC(C)OCc1cc(C)c(CNC)o1. The molecule has 4 heteroatoms. The van der Waals surface area contributed by atoms with Crippen LogP contribution < -0.4 is 5.32 Å². The van der Waals surface area contributed by atoms with Crippen LogP contribution in [-0.2, 0) is 22.6 Å². The Morgan fingerprint density at radius 2 is 2.24 bits per heavy atom. The van der Waals surface area contributed by atoms with Crippen molar-refractivity contribution in [3.8, 4) is 0 Å². The lowest BCUT2D eigenvalue weighted by atomic mass is 10.2. The van der Waals surface area contributed by atoms with Gasteiger partial charge < -0.3 is 19.2 Å². The Hall–Kier alpha value is -0.840. The van der Waals surface area contributed by atoms with Crippen molar-refractivity contribution in [2.24, 2.45) is 0 Å². The van der Waals surface area contributed by atoms with E-state index in [0.717, 1.165) is 30.2 Å². The molecular formula is C13H23NO3. The second-order valence-corrected chi connectivity index (χ2v) is 4.13. The highest BCUT2D eigenvalue weighted by Crippen LogP contribution is 2.15. The minimum absolute atomic E-state index is 0.0908. The summed E-state index contributed by atoms with van der Waals surface area (Å²) in [6.45, 7) is 8.62. The number of ether oxygens (including phenoxy) is 2. The maximum atomic E-state index is 5.68. The summed E-state index contributed by atoms with van der Waals surface area (Å²) in [6, 6.07) is 2.03. The summed E-state index contributed by atoms with van der Waals surface area (Å²) in [5.74, 6) is 1.85. The van der Waals surface area contributed by atoms with Crippen LogP contribution in [0.25, 0.3) is 0 Å². The van der Waals surface area contributed by atoms with Crippen LogP contribution in [0.3, 0.4) is 0 Å². The smallest absolute Gasteiger partial charge is 0.130 e. The molecule has 1 heterocycles. The van der Waals surface area contributed by atoms with Gasteiger partial charge in [-0.15, -0.1) is 0 Å². The molecule has 98 valence electrons. The van der Waals surface area contributed by atoms with Gasteiger partial charge in [-0.2, -0.15) is 0 Å². The van der Waals surface area contributed by atoms with E-state index in [0.29, 0.717) is 13.2 Å². The van der Waals surface area contributed by atoms with Crippen molar-refractivity contribution in [2.75, 3.05) is 20.3 Å². The fraction of sp³-hybridized carbons (Fsp3) is 0.692. The molecule has 0 saturated carbocycles. The Bertz CT molecular complexity index is 322. The van der Waals surface area contributed by atoms with E-state index in [1.54, 1.807) is 0 Å². The Morgan fingerprint density at radius 1 is 1.47 bits per heavy atom. The van der Waals surface area contributed by atoms with E-state index in [-0.39, 0.29) is 6.10 Å². The quantitative estimate of drug-likeness (QED) is 0.758. The van der Waals surface area contributed by atoms with Crippen molar-refractivity contribution in [3.63, 3.8) is 0 Å². The summed E-state index contributed by atoms with van der Waals surface area (Å²) in [7, 11) is 1.91. The first-order valence-electron chi connectivity index (χ1n) is 6.09. The van der Waals surface area contributed by atoms with Crippen LogP contribution in [-0.4, -0.2) is 26.4 Å². The van der Waals surface area contributed by atoms with E-state index >= 15 is 0 Å². The number of furan rings is 1. The Labute approximate surface area is 103 Å². The summed E-state index contributed by atoms with van der Waals surface area (Å²) in [5, 5.41) is 3.08. The zero-order valence-electron chi connectivity index (χ0n) is 11.2. The van der Waals surface area contributed by atoms with Gasteiger partial charge in [-0.1, -0.05) is 0 Å². The Kier molecular flexibility index (Phi) is 6.26. The lowest BCUT2D eigenvalue weighted by molar-refractivity contribution is -0.0173. The minimum Gasteiger partial charge on any atom is -0.462 e. The molecule has 17 heavy (non-hydrogen) atoms. The standard InChI is InChI=1S/C13H23NO3/c1-5-15-8-11(3)16-9-12-6-10(2)13(17-12)7-14-4/h6,11,14H,5,7-9H2,1-4H3. The molecule has 1 aromatic rings. The monoisotopic (exact) mass is 241 g/mol. The molecule has 0 aromatic carbocycles. The van der Waals surface area contributed by atoms with Crippen LogP contribution in [0.15, 0.2) is 10.5 Å². The third-order valence-corrected chi connectivity index (χ3v) is 2.48. The topological polar surface area (TPSA) is 43.6 Å². The molecule has 0 radical (unpaired) electrons. The van der Waals surface area contributed by atoms with Gasteiger partial charge in [-0.25, -0.2) is 0 Å². The van der Waals surface area contributed by atoms with E-state index in [1.807, 2.05) is 33.9 Å². The van der Waals surface area contributed by atoms with Gasteiger partial charge in [-0.3, -0.25) is 0 Å². The van der Waals surface area contributed by atoms with E-state index in [4.69, 9.17) is 13.9 Å². The van der Waals surface area contributed by atoms with Gasteiger partial charge >= 0.3 is 0 Å². The van der Waals surface area contributed by atoms with Gasteiger partial charge in [0.25, 0.3) is 0 Å². The molecule has 1 rings (SSSR count). The highest BCUT2D eigenvalue weighted by molar-refractivity contribution is 5.19. The van der Waals surface area contributed by atoms with Gasteiger partial charge in [-0.05, 0) is 39.4 Å². The molecule has 0 aliphatic heterocycles. The molecule has 1 atom stereocenters. The van der Waals surface area contributed by atoms with Crippen LogP contribution in [0.2, 0.25) is 0 Å². The molecule has 0 bridgehead atoms. The van der Waals surface area contributed by atoms with Gasteiger partial charge in [0, 0.05) is 6.61 Å².